The summed E-state index contributed by atoms with van der Waals surface area (Å²) in [6.45, 7) is 0. The molecule has 4 aromatic rings. The minimum Gasteiger partial charge on any atom is -0.465 e. The molecule has 6 heteroatoms. The van der Waals surface area contributed by atoms with Crippen molar-refractivity contribution in [1.29, 1.82) is 0 Å². The van der Waals surface area contributed by atoms with Gasteiger partial charge in [0.1, 0.15) is 16.1 Å². The Kier molecular flexibility index (Phi) is 4.87. The fraction of sp³-hybridized carbons (Fsp3) is 0.0769. The van der Waals surface area contributed by atoms with Gasteiger partial charge in [0.15, 0.2) is 0 Å². The highest BCUT2D eigenvalue weighted by Gasteiger charge is 2.53. The van der Waals surface area contributed by atoms with Gasteiger partial charge in [-0.05, 0) is 28.8 Å². The SMILES string of the molecule is COC(=O)c1sc(-c2ccc(F)cc2)c2c1NC(=O)C2(c1ccccc1)c1ccccc1. The maximum absolute atomic E-state index is 13.8. The minimum atomic E-state index is -1.18. The molecular formula is C26H18FNO3S. The number of rotatable bonds is 4. The highest BCUT2D eigenvalue weighted by molar-refractivity contribution is 7.18. The zero-order chi connectivity index (χ0) is 22.3. The van der Waals surface area contributed by atoms with Crippen LogP contribution in [-0.2, 0) is 14.9 Å². The van der Waals surface area contributed by atoms with E-state index in [2.05, 4.69) is 5.32 Å². The van der Waals surface area contributed by atoms with Gasteiger partial charge < -0.3 is 10.1 Å². The Hall–Kier alpha value is -3.77. The Labute approximate surface area is 188 Å². The van der Waals surface area contributed by atoms with E-state index in [0.29, 0.717) is 21.0 Å². The molecular weight excluding hydrogens is 425 g/mol. The van der Waals surface area contributed by atoms with Crippen LogP contribution in [0.1, 0.15) is 26.4 Å². The molecule has 0 saturated carbocycles. The number of carbonyl (C=O) groups excluding carboxylic acids is 2. The number of amides is 1. The fourth-order valence-electron chi connectivity index (χ4n) is 4.36. The van der Waals surface area contributed by atoms with Gasteiger partial charge in [-0.3, -0.25) is 4.79 Å². The minimum absolute atomic E-state index is 0.249. The monoisotopic (exact) mass is 443 g/mol. The molecule has 158 valence electrons. The highest BCUT2D eigenvalue weighted by Crippen LogP contribution is 2.56. The molecule has 32 heavy (non-hydrogen) atoms. The maximum atomic E-state index is 13.8. The van der Waals surface area contributed by atoms with Gasteiger partial charge >= 0.3 is 5.97 Å². The lowest BCUT2D eigenvalue weighted by Gasteiger charge is -2.29. The molecule has 0 aliphatic carbocycles. The average Bonchev–Trinajstić information content (AvgIpc) is 3.35. The van der Waals surface area contributed by atoms with Crippen LogP contribution in [0.15, 0.2) is 84.9 Å². The number of methoxy groups -OCH3 is 1. The lowest BCUT2D eigenvalue weighted by molar-refractivity contribution is -0.118. The number of halogens is 1. The zero-order valence-electron chi connectivity index (χ0n) is 17.1. The van der Waals surface area contributed by atoms with Gasteiger partial charge in [0, 0.05) is 10.4 Å². The van der Waals surface area contributed by atoms with Crippen LogP contribution >= 0.6 is 11.3 Å². The predicted octanol–water partition coefficient (Wildman–Crippen LogP) is 5.63. The Morgan fingerprint density at radius 1 is 0.906 bits per heavy atom. The second-order valence-corrected chi connectivity index (χ2v) is 8.47. The molecule has 1 amide bonds. The van der Waals surface area contributed by atoms with Gasteiger partial charge in [-0.1, -0.05) is 72.8 Å². The topological polar surface area (TPSA) is 55.4 Å². The van der Waals surface area contributed by atoms with E-state index in [4.69, 9.17) is 4.74 Å². The summed E-state index contributed by atoms with van der Waals surface area (Å²) >= 11 is 1.24. The van der Waals surface area contributed by atoms with E-state index >= 15 is 0 Å². The second kappa shape index (κ2) is 7.73. The molecule has 1 N–H and O–H groups in total. The summed E-state index contributed by atoms with van der Waals surface area (Å²) < 4.78 is 18.7. The number of thiophene rings is 1. The van der Waals surface area contributed by atoms with Crippen molar-refractivity contribution in [3.63, 3.8) is 0 Å². The summed E-state index contributed by atoms with van der Waals surface area (Å²) in [5.74, 6) is -1.14. The third-order valence-electron chi connectivity index (χ3n) is 5.75. The van der Waals surface area contributed by atoms with Crippen molar-refractivity contribution >= 4 is 28.9 Å². The van der Waals surface area contributed by atoms with E-state index in [1.807, 2.05) is 60.7 Å². The third-order valence-corrected chi connectivity index (χ3v) is 6.97. The van der Waals surface area contributed by atoms with Crippen LogP contribution in [0.5, 0.6) is 0 Å². The van der Waals surface area contributed by atoms with Crippen LogP contribution in [-0.4, -0.2) is 19.0 Å². The molecule has 0 bridgehead atoms. The molecule has 4 nitrogen and oxygen atoms in total. The first kappa shape index (κ1) is 20.2. The lowest BCUT2D eigenvalue weighted by atomic mass is 9.69. The van der Waals surface area contributed by atoms with Crippen molar-refractivity contribution in [2.45, 2.75) is 5.41 Å². The van der Waals surface area contributed by atoms with E-state index in [1.165, 1.54) is 30.6 Å². The van der Waals surface area contributed by atoms with Crippen molar-refractivity contribution in [3.8, 4) is 10.4 Å². The summed E-state index contributed by atoms with van der Waals surface area (Å²) in [5, 5.41) is 2.97. The van der Waals surface area contributed by atoms with Crippen molar-refractivity contribution in [1.82, 2.24) is 0 Å². The Bertz CT molecular complexity index is 1280. The fourth-order valence-corrected chi connectivity index (χ4v) is 5.60. The van der Waals surface area contributed by atoms with E-state index < -0.39 is 11.4 Å². The average molecular weight is 443 g/mol. The molecule has 0 spiro atoms. The number of ether oxygens (including phenoxy) is 1. The standard InChI is InChI=1S/C26H18FNO3S/c1-31-24(29)23-21-20(22(32-23)16-12-14-19(27)15-13-16)26(25(30)28-21,17-8-4-2-5-9-17)18-10-6-3-7-11-18/h2-15H,1H3,(H,28,30). The van der Waals surface area contributed by atoms with Crippen molar-refractivity contribution < 1.29 is 18.7 Å². The van der Waals surface area contributed by atoms with Gasteiger partial charge in [-0.2, -0.15) is 0 Å². The molecule has 1 aromatic heterocycles. The summed E-state index contributed by atoms with van der Waals surface area (Å²) in [6.07, 6.45) is 0. The largest absolute Gasteiger partial charge is 0.465 e. The van der Waals surface area contributed by atoms with Gasteiger partial charge in [0.25, 0.3) is 0 Å². The number of nitrogens with one attached hydrogen (secondary N) is 1. The maximum Gasteiger partial charge on any atom is 0.350 e. The van der Waals surface area contributed by atoms with Crippen molar-refractivity contribution in [2.75, 3.05) is 12.4 Å². The summed E-state index contributed by atoms with van der Waals surface area (Å²) in [5.41, 5.74) is 2.22. The van der Waals surface area contributed by atoms with Gasteiger partial charge in [0.2, 0.25) is 5.91 Å². The normalized spacial score (nSPS) is 14.0. The molecule has 0 fully saturated rings. The molecule has 1 aliphatic rings. The number of esters is 1. The summed E-state index contributed by atoms with van der Waals surface area (Å²) in [7, 11) is 1.31. The second-order valence-electron chi connectivity index (χ2n) is 7.44. The van der Waals surface area contributed by atoms with E-state index in [-0.39, 0.29) is 11.7 Å². The number of hydrogen-bond acceptors (Lipinski definition) is 4. The number of anilines is 1. The highest BCUT2D eigenvalue weighted by atomic mass is 32.1. The molecule has 0 saturated heterocycles. The summed E-state index contributed by atoms with van der Waals surface area (Å²) in [4.78, 5) is 27.5. The molecule has 3 aromatic carbocycles. The van der Waals surface area contributed by atoms with E-state index in [0.717, 1.165) is 16.7 Å². The first-order valence-electron chi connectivity index (χ1n) is 10.0. The number of hydrogen-bond donors (Lipinski definition) is 1. The van der Waals surface area contributed by atoms with E-state index in [1.54, 1.807) is 12.1 Å². The Morgan fingerprint density at radius 3 is 2.00 bits per heavy atom. The predicted molar refractivity (Wildman–Crippen MR) is 122 cm³/mol. The van der Waals surface area contributed by atoms with Crippen molar-refractivity contribution in [3.05, 3.63) is 112 Å². The molecule has 0 atom stereocenters. The lowest BCUT2D eigenvalue weighted by Crippen LogP contribution is -2.37. The number of benzene rings is 3. The zero-order valence-corrected chi connectivity index (χ0v) is 17.9. The molecule has 1 aliphatic heterocycles. The molecule has 2 heterocycles. The number of carbonyl (C=O) groups is 2. The third kappa shape index (κ3) is 2.87. The first-order chi connectivity index (χ1) is 15.6. The molecule has 0 radical (unpaired) electrons. The quantitative estimate of drug-likeness (QED) is 0.416. The van der Waals surface area contributed by atoms with Gasteiger partial charge in [0.05, 0.1) is 12.8 Å². The van der Waals surface area contributed by atoms with E-state index in [9.17, 15) is 14.0 Å². The number of fused-ring (bicyclic) bond motifs is 1. The van der Waals surface area contributed by atoms with Gasteiger partial charge in [-0.15, -0.1) is 11.3 Å². The Morgan fingerprint density at radius 2 is 1.47 bits per heavy atom. The summed E-state index contributed by atoms with van der Waals surface area (Å²) in [6, 6.07) is 25.0. The smallest absolute Gasteiger partial charge is 0.350 e. The van der Waals surface area contributed by atoms with Crippen LogP contribution in [0.3, 0.4) is 0 Å². The Balaban J connectivity index is 1.91. The van der Waals surface area contributed by atoms with Crippen LogP contribution in [0, 0.1) is 5.82 Å². The van der Waals surface area contributed by atoms with Crippen LogP contribution < -0.4 is 5.32 Å². The van der Waals surface area contributed by atoms with Crippen LogP contribution in [0.4, 0.5) is 10.1 Å². The molecule has 0 unspecified atom stereocenters. The molecule has 5 rings (SSSR count). The van der Waals surface area contributed by atoms with Crippen LogP contribution in [0.25, 0.3) is 10.4 Å². The van der Waals surface area contributed by atoms with Crippen LogP contribution in [0.2, 0.25) is 0 Å². The van der Waals surface area contributed by atoms with Crippen molar-refractivity contribution in [2.24, 2.45) is 0 Å². The first-order valence-corrected chi connectivity index (χ1v) is 10.8. The van der Waals surface area contributed by atoms with Gasteiger partial charge in [-0.25, -0.2) is 9.18 Å².